The molecule has 1 aromatic carbocycles. The van der Waals surface area contributed by atoms with E-state index in [1.165, 1.54) is 0 Å². The second-order valence-electron chi connectivity index (χ2n) is 3.58. The third-order valence-corrected chi connectivity index (χ3v) is 2.69. The summed E-state index contributed by atoms with van der Waals surface area (Å²) in [5, 5.41) is 9.22. The Balaban J connectivity index is 2.41. The van der Waals surface area contributed by atoms with Crippen LogP contribution in [0.2, 0.25) is 5.02 Å². The first-order valence-electron chi connectivity index (χ1n) is 4.62. The summed E-state index contributed by atoms with van der Waals surface area (Å²) in [7, 11) is 0. The van der Waals surface area contributed by atoms with Crippen LogP contribution >= 0.6 is 11.6 Å². The van der Waals surface area contributed by atoms with Gasteiger partial charge in [0.05, 0.1) is 29.8 Å². The summed E-state index contributed by atoms with van der Waals surface area (Å²) >= 11 is 5.71. The van der Waals surface area contributed by atoms with Crippen LogP contribution in [0.1, 0.15) is 6.42 Å². The van der Waals surface area contributed by atoms with Crippen molar-refractivity contribution in [3.05, 3.63) is 28.8 Å². The van der Waals surface area contributed by atoms with Crippen LogP contribution in [0.4, 0.5) is 14.5 Å². The highest BCUT2D eigenvalue weighted by atomic mass is 35.5. The van der Waals surface area contributed by atoms with Gasteiger partial charge in [0.15, 0.2) is 11.6 Å². The average Bonchev–Trinajstić information content (AvgIpc) is 2.51. The highest BCUT2D eigenvalue weighted by Crippen LogP contribution is 2.31. The SMILES string of the molecule is O=C1CC(O)CN1c1cc(F)c(F)cc1Cl. The van der Waals surface area contributed by atoms with Gasteiger partial charge in [0.1, 0.15) is 0 Å². The fourth-order valence-corrected chi connectivity index (χ4v) is 1.89. The summed E-state index contributed by atoms with van der Waals surface area (Å²) in [6.07, 6.45) is -0.827. The number of carbonyl (C=O) groups is 1. The molecule has 0 radical (unpaired) electrons. The molecule has 1 unspecified atom stereocenters. The molecule has 3 nitrogen and oxygen atoms in total. The van der Waals surface area contributed by atoms with E-state index in [4.69, 9.17) is 11.6 Å². The van der Waals surface area contributed by atoms with Crippen LogP contribution in [0.5, 0.6) is 0 Å². The highest BCUT2D eigenvalue weighted by molar-refractivity contribution is 6.33. The topological polar surface area (TPSA) is 40.5 Å². The summed E-state index contributed by atoms with van der Waals surface area (Å²) in [4.78, 5) is 12.6. The number of amides is 1. The van der Waals surface area contributed by atoms with Gasteiger partial charge >= 0.3 is 0 Å². The maximum Gasteiger partial charge on any atom is 0.229 e. The Morgan fingerprint density at radius 3 is 2.56 bits per heavy atom. The molecule has 0 aromatic heterocycles. The number of benzene rings is 1. The minimum absolute atomic E-state index is 0.0324. The van der Waals surface area contributed by atoms with Crippen LogP contribution in [-0.4, -0.2) is 23.7 Å². The maximum absolute atomic E-state index is 13.0. The van der Waals surface area contributed by atoms with Gasteiger partial charge in [-0.3, -0.25) is 4.79 Å². The largest absolute Gasteiger partial charge is 0.391 e. The molecule has 0 aliphatic carbocycles. The number of nitrogens with zero attached hydrogens (tertiary/aromatic N) is 1. The zero-order valence-electron chi connectivity index (χ0n) is 8.08. The van der Waals surface area contributed by atoms with E-state index in [0.29, 0.717) is 0 Å². The Morgan fingerprint density at radius 1 is 1.38 bits per heavy atom. The molecule has 1 amide bonds. The molecule has 1 fully saturated rings. The number of halogens is 3. The van der Waals surface area contributed by atoms with E-state index in [9.17, 15) is 18.7 Å². The molecular weight excluding hydrogens is 240 g/mol. The van der Waals surface area contributed by atoms with E-state index >= 15 is 0 Å². The van der Waals surface area contributed by atoms with Gasteiger partial charge in [-0.1, -0.05) is 11.6 Å². The Kier molecular flexibility index (Phi) is 2.82. The van der Waals surface area contributed by atoms with Crippen molar-refractivity contribution in [1.82, 2.24) is 0 Å². The van der Waals surface area contributed by atoms with Crippen molar-refractivity contribution in [2.45, 2.75) is 12.5 Å². The van der Waals surface area contributed by atoms with Gasteiger partial charge in [-0.25, -0.2) is 8.78 Å². The van der Waals surface area contributed by atoms with Gasteiger partial charge in [-0.15, -0.1) is 0 Å². The quantitative estimate of drug-likeness (QED) is 0.768. The minimum atomic E-state index is -1.08. The van der Waals surface area contributed by atoms with Gasteiger partial charge in [-0.05, 0) is 6.07 Å². The number of hydrogen-bond acceptors (Lipinski definition) is 2. The molecule has 1 atom stereocenters. The summed E-state index contributed by atoms with van der Waals surface area (Å²) in [5.41, 5.74) is 0.0853. The lowest BCUT2D eigenvalue weighted by Crippen LogP contribution is -2.25. The second kappa shape index (κ2) is 3.99. The van der Waals surface area contributed by atoms with E-state index in [1.54, 1.807) is 0 Å². The van der Waals surface area contributed by atoms with E-state index < -0.39 is 17.7 Å². The first-order valence-corrected chi connectivity index (χ1v) is 5.00. The third kappa shape index (κ3) is 1.88. The van der Waals surface area contributed by atoms with Gasteiger partial charge < -0.3 is 10.0 Å². The van der Waals surface area contributed by atoms with E-state index in [0.717, 1.165) is 17.0 Å². The predicted octanol–water partition coefficient (Wildman–Crippen LogP) is 1.72. The first kappa shape index (κ1) is 11.3. The molecule has 6 heteroatoms. The predicted molar refractivity (Wildman–Crippen MR) is 54.3 cm³/mol. The molecule has 0 spiro atoms. The fourth-order valence-electron chi connectivity index (χ4n) is 1.64. The Hall–Kier alpha value is -1.20. The van der Waals surface area contributed by atoms with Crippen molar-refractivity contribution in [2.24, 2.45) is 0 Å². The van der Waals surface area contributed by atoms with Gasteiger partial charge in [-0.2, -0.15) is 0 Å². The third-order valence-electron chi connectivity index (χ3n) is 2.39. The summed E-state index contributed by atoms with van der Waals surface area (Å²) in [6, 6.07) is 1.66. The smallest absolute Gasteiger partial charge is 0.229 e. The van der Waals surface area contributed by atoms with Gasteiger partial charge in [0.25, 0.3) is 0 Å². The maximum atomic E-state index is 13.0. The molecular formula is C10H8ClF2NO2. The monoisotopic (exact) mass is 247 g/mol. The molecule has 1 aromatic rings. The summed E-state index contributed by atoms with van der Waals surface area (Å²) in [5.74, 6) is -2.50. The van der Waals surface area contributed by atoms with Crippen LogP contribution in [0.25, 0.3) is 0 Å². The minimum Gasteiger partial charge on any atom is -0.391 e. The van der Waals surface area contributed by atoms with Crippen LogP contribution in [0, 0.1) is 11.6 Å². The van der Waals surface area contributed by atoms with Crippen molar-refractivity contribution in [3.8, 4) is 0 Å². The molecule has 1 aliphatic rings. The zero-order valence-corrected chi connectivity index (χ0v) is 8.84. The number of aliphatic hydroxyl groups excluding tert-OH is 1. The summed E-state index contributed by atoms with van der Waals surface area (Å²) in [6.45, 7) is 0.0453. The molecule has 1 aliphatic heterocycles. The lowest BCUT2D eigenvalue weighted by molar-refractivity contribution is -0.117. The Bertz CT molecular complexity index is 453. The number of carbonyl (C=O) groups excluding carboxylic acids is 1. The molecule has 1 N–H and O–H groups in total. The van der Waals surface area contributed by atoms with E-state index in [-0.39, 0.29) is 29.6 Å². The van der Waals surface area contributed by atoms with Crippen molar-refractivity contribution < 1.29 is 18.7 Å². The normalized spacial score (nSPS) is 20.6. The van der Waals surface area contributed by atoms with Gasteiger partial charge in [0.2, 0.25) is 5.91 Å². The molecule has 0 saturated carbocycles. The molecule has 2 rings (SSSR count). The van der Waals surface area contributed by atoms with Crippen molar-refractivity contribution in [2.75, 3.05) is 11.4 Å². The average molecular weight is 248 g/mol. The van der Waals surface area contributed by atoms with Crippen LogP contribution in [-0.2, 0) is 4.79 Å². The van der Waals surface area contributed by atoms with Crippen molar-refractivity contribution in [1.29, 1.82) is 0 Å². The van der Waals surface area contributed by atoms with E-state index in [1.807, 2.05) is 0 Å². The van der Waals surface area contributed by atoms with Crippen LogP contribution in [0.15, 0.2) is 12.1 Å². The molecule has 16 heavy (non-hydrogen) atoms. The lowest BCUT2D eigenvalue weighted by Gasteiger charge is -2.17. The zero-order chi connectivity index (χ0) is 11.9. The number of rotatable bonds is 1. The summed E-state index contributed by atoms with van der Waals surface area (Å²) < 4.78 is 25.8. The highest BCUT2D eigenvalue weighted by Gasteiger charge is 2.30. The first-order chi connectivity index (χ1) is 7.49. The second-order valence-corrected chi connectivity index (χ2v) is 3.99. The van der Waals surface area contributed by atoms with Crippen LogP contribution < -0.4 is 4.90 Å². The van der Waals surface area contributed by atoms with Gasteiger partial charge in [0, 0.05) is 6.07 Å². The molecule has 0 bridgehead atoms. The molecule has 86 valence electrons. The van der Waals surface area contributed by atoms with E-state index in [2.05, 4.69) is 0 Å². The lowest BCUT2D eigenvalue weighted by atomic mass is 10.2. The van der Waals surface area contributed by atoms with Crippen molar-refractivity contribution in [3.63, 3.8) is 0 Å². The number of hydrogen-bond donors (Lipinski definition) is 1. The standard InChI is InChI=1S/C10H8ClF2NO2/c11-6-2-7(12)8(13)3-9(6)14-4-5(15)1-10(14)16/h2-3,5,15H,1,4H2. The number of anilines is 1. The number of aliphatic hydroxyl groups is 1. The molecule has 1 saturated heterocycles. The number of β-amino-alcohol motifs (C(OH)–C–C–N with tert-alkyl or cyclic N) is 1. The van der Waals surface area contributed by atoms with Crippen molar-refractivity contribution >= 4 is 23.2 Å². The Morgan fingerprint density at radius 2 is 2.00 bits per heavy atom. The fraction of sp³-hybridized carbons (Fsp3) is 0.300. The molecule has 1 heterocycles. The Labute approximate surface area is 95.2 Å². The van der Waals surface area contributed by atoms with Crippen LogP contribution in [0.3, 0.4) is 0 Å².